The van der Waals surface area contributed by atoms with E-state index in [0.717, 1.165) is 43.8 Å². The molecule has 148 valence electrons. The van der Waals surface area contributed by atoms with E-state index in [0.29, 0.717) is 6.54 Å². The zero-order valence-corrected chi connectivity index (χ0v) is 19.0. The lowest BCUT2D eigenvalue weighted by molar-refractivity contribution is -0.135. The molecule has 1 saturated heterocycles. The molecule has 0 spiro atoms. The zero-order valence-electron chi connectivity index (χ0n) is 16.7. The van der Waals surface area contributed by atoms with Gasteiger partial charge < -0.3 is 24.6 Å². The van der Waals surface area contributed by atoms with Gasteiger partial charge in [-0.1, -0.05) is 13.8 Å². The van der Waals surface area contributed by atoms with Crippen LogP contribution in [0.25, 0.3) is 0 Å². The van der Waals surface area contributed by atoms with E-state index in [1.807, 2.05) is 51.0 Å². The van der Waals surface area contributed by atoms with Crippen LogP contribution < -0.4 is 10.2 Å². The van der Waals surface area contributed by atoms with Gasteiger partial charge in [0.15, 0.2) is 5.96 Å². The van der Waals surface area contributed by atoms with Gasteiger partial charge in [-0.05, 0) is 0 Å². The Morgan fingerprint density at radius 1 is 1.27 bits per heavy atom. The Morgan fingerprint density at radius 3 is 2.31 bits per heavy atom. The molecule has 0 atom stereocenters. The van der Waals surface area contributed by atoms with E-state index in [1.165, 1.54) is 0 Å². The third kappa shape index (κ3) is 5.24. The van der Waals surface area contributed by atoms with Gasteiger partial charge in [0, 0.05) is 60.3 Å². The summed E-state index contributed by atoms with van der Waals surface area (Å²) in [6, 6.07) is 0. The lowest BCUT2D eigenvalue weighted by atomic mass is 10.1. The Labute approximate surface area is 173 Å². The minimum Gasteiger partial charge on any atom is -0.351 e. The fourth-order valence-corrected chi connectivity index (χ4v) is 3.02. The van der Waals surface area contributed by atoms with Gasteiger partial charge in [-0.15, -0.1) is 24.0 Å². The fraction of sp³-hybridized carbons (Fsp3) is 0.706. The number of anilines is 1. The molecule has 1 aliphatic rings. The summed E-state index contributed by atoms with van der Waals surface area (Å²) in [6.45, 7) is 7.65. The van der Waals surface area contributed by atoms with Gasteiger partial charge in [0.05, 0.1) is 18.4 Å². The summed E-state index contributed by atoms with van der Waals surface area (Å²) in [5.41, 5.74) is 1.10. The first-order valence-electron chi connectivity index (χ1n) is 8.77. The van der Waals surface area contributed by atoms with Crippen LogP contribution in [0, 0.1) is 5.92 Å². The topological polar surface area (TPSA) is 69.0 Å². The van der Waals surface area contributed by atoms with E-state index in [4.69, 9.17) is 0 Å². The molecule has 1 aliphatic heterocycles. The number of amides is 1. The average molecular weight is 477 g/mol. The van der Waals surface area contributed by atoms with Crippen LogP contribution in [0.4, 0.5) is 5.95 Å². The summed E-state index contributed by atoms with van der Waals surface area (Å²) in [7, 11) is 7.77. The highest BCUT2D eigenvalue weighted by molar-refractivity contribution is 14.0. The molecule has 0 aliphatic carbocycles. The first-order valence-corrected chi connectivity index (χ1v) is 8.77. The number of nitrogens with zero attached hydrogens (tertiary/aromatic N) is 6. The second-order valence-corrected chi connectivity index (χ2v) is 6.87. The van der Waals surface area contributed by atoms with Crippen LogP contribution in [0.2, 0.25) is 0 Å². The van der Waals surface area contributed by atoms with Crippen molar-refractivity contribution in [3.8, 4) is 0 Å². The predicted molar refractivity (Wildman–Crippen MR) is 116 cm³/mol. The number of carbonyl (C=O) groups is 1. The molecule has 1 aromatic heterocycles. The summed E-state index contributed by atoms with van der Waals surface area (Å²) in [4.78, 5) is 27.1. The molecule has 26 heavy (non-hydrogen) atoms. The average Bonchev–Trinajstić information content (AvgIpc) is 2.96. The maximum absolute atomic E-state index is 12.1. The number of piperazine rings is 1. The van der Waals surface area contributed by atoms with Crippen molar-refractivity contribution in [3.63, 3.8) is 0 Å². The smallest absolute Gasteiger partial charge is 0.225 e. The Morgan fingerprint density at radius 2 is 1.85 bits per heavy atom. The minimum absolute atomic E-state index is 0. The number of imidazole rings is 1. The van der Waals surface area contributed by atoms with Crippen LogP contribution in [0.5, 0.6) is 0 Å². The summed E-state index contributed by atoms with van der Waals surface area (Å²) < 4.78 is 2.07. The Bertz CT molecular complexity index is 619. The Balaban J connectivity index is 0.00000338. The molecule has 0 radical (unpaired) electrons. The van der Waals surface area contributed by atoms with Crippen molar-refractivity contribution in [2.24, 2.45) is 18.0 Å². The third-order valence-corrected chi connectivity index (χ3v) is 4.48. The largest absolute Gasteiger partial charge is 0.351 e. The molecule has 8 nitrogen and oxygen atoms in total. The van der Waals surface area contributed by atoms with Gasteiger partial charge in [-0.25, -0.2) is 4.98 Å². The van der Waals surface area contributed by atoms with E-state index in [1.54, 1.807) is 7.05 Å². The summed E-state index contributed by atoms with van der Waals surface area (Å²) in [5.74, 6) is 2.07. The van der Waals surface area contributed by atoms with Crippen molar-refractivity contribution in [1.29, 1.82) is 0 Å². The lowest BCUT2D eigenvalue weighted by Gasteiger charge is -2.37. The quantitative estimate of drug-likeness (QED) is 0.398. The molecule has 0 bridgehead atoms. The summed E-state index contributed by atoms with van der Waals surface area (Å²) in [5, 5.41) is 3.41. The standard InChI is InChI=1S/C17H31N7O.HI/c1-13(2)15(25)23-7-9-24(10-8-23)16(18-3)19-11-14-12-20-17(21(4)5)22(14)6;/h12-13H,7-11H2,1-6H3,(H,18,19);1H. The second-order valence-electron chi connectivity index (χ2n) is 6.87. The lowest BCUT2D eigenvalue weighted by Crippen LogP contribution is -2.54. The molecule has 2 heterocycles. The van der Waals surface area contributed by atoms with Crippen molar-refractivity contribution in [3.05, 3.63) is 11.9 Å². The monoisotopic (exact) mass is 477 g/mol. The van der Waals surface area contributed by atoms with Gasteiger partial charge >= 0.3 is 0 Å². The number of carbonyl (C=O) groups excluding carboxylic acids is 1. The normalized spacial score (nSPS) is 15.1. The highest BCUT2D eigenvalue weighted by Gasteiger charge is 2.24. The van der Waals surface area contributed by atoms with Crippen molar-refractivity contribution < 1.29 is 4.79 Å². The van der Waals surface area contributed by atoms with Crippen LogP contribution in [0.15, 0.2) is 11.2 Å². The molecular formula is C17H32IN7O. The van der Waals surface area contributed by atoms with Gasteiger partial charge in [0.25, 0.3) is 0 Å². The molecule has 0 aromatic carbocycles. The highest BCUT2D eigenvalue weighted by Crippen LogP contribution is 2.11. The van der Waals surface area contributed by atoms with Crippen LogP contribution >= 0.6 is 24.0 Å². The number of aromatic nitrogens is 2. The van der Waals surface area contributed by atoms with E-state index in [9.17, 15) is 4.79 Å². The summed E-state index contributed by atoms with van der Waals surface area (Å²) >= 11 is 0. The molecule has 1 fully saturated rings. The Hall–Kier alpha value is -1.52. The van der Waals surface area contributed by atoms with Crippen LogP contribution in [0.3, 0.4) is 0 Å². The van der Waals surface area contributed by atoms with E-state index in [2.05, 4.69) is 24.8 Å². The fourth-order valence-electron chi connectivity index (χ4n) is 3.02. The third-order valence-electron chi connectivity index (χ3n) is 4.48. The maximum atomic E-state index is 12.1. The van der Waals surface area contributed by atoms with Crippen LogP contribution in [0.1, 0.15) is 19.5 Å². The van der Waals surface area contributed by atoms with Crippen molar-refractivity contribution in [2.75, 3.05) is 52.2 Å². The number of rotatable bonds is 4. The van der Waals surface area contributed by atoms with Gasteiger partial charge in [-0.3, -0.25) is 9.79 Å². The first kappa shape index (κ1) is 22.5. The molecule has 9 heteroatoms. The molecular weight excluding hydrogens is 445 g/mol. The van der Waals surface area contributed by atoms with Crippen molar-refractivity contribution in [1.82, 2.24) is 24.7 Å². The molecule has 0 unspecified atom stereocenters. The predicted octanol–water partition coefficient (Wildman–Crippen LogP) is 0.980. The summed E-state index contributed by atoms with van der Waals surface area (Å²) in [6.07, 6.45) is 1.88. The SMILES string of the molecule is CN=C(NCc1cnc(N(C)C)n1C)N1CCN(C(=O)C(C)C)CC1.I. The van der Waals surface area contributed by atoms with Gasteiger partial charge in [0.2, 0.25) is 11.9 Å². The van der Waals surface area contributed by atoms with E-state index < -0.39 is 0 Å². The maximum Gasteiger partial charge on any atom is 0.225 e. The number of halogens is 1. The van der Waals surface area contributed by atoms with Crippen LogP contribution in [-0.4, -0.2) is 78.5 Å². The molecule has 1 N–H and O–H groups in total. The molecule has 0 saturated carbocycles. The number of nitrogens with one attached hydrogen (secondary N) is 1. The zero-order chi connectivity index (χ0) is 18.6. The van der Waals surface area contributed by atoms with Gasteiger partial charge in [0.1, 0.15) is 0 Å². The minimum atomic E-state index is 0. The van der Waals surface area contributed by atoms with Crippen molar-refractivity contribution >= 4 is 41.8 Å². The number of guanidine groups is 1. The number of hydrogen-bond donors (Lipinski definition) is 1. The Kier molecular flexibility index (Phi) is 8.65. The highest BCUT2D eigenvalue weighted by atomic mass is 127. The van der Waals surface area contributed by atoms with E-state index in [-0.39, 0.29) is 35.8 Å². The first-order chi connectivity index (χ1) is 11.8. The molecule has 2 rings (SSSR count). The number of hydrogen-bond acceptors (Lipinski definition) is 4. The van der Waals surface area contributed by atoms with Gasteiger partial charge in [-0.2, -0.15) is 0 Å². The van der Waals surface area contributed by atoms with Crippen LogP contribution in [-0.2, 0) is 18.4 Å². The second kappa shape index (κ2) is 9.98. The van der Waals surface area contributed by atoms with E-state index >= 15 is 0 Å². The molecule has 1 aromatic rings. The van der Waals surface area contributed by atoms with Crippen molar-refractivity contribution in [2.45, 2.75) is 20.4 Å². The molecule has 1 amide bonds. The number of aliphatic imine (C=N–C) groups is 1.